The number of benzene rings is 2. The van der Waals surface area contributed by atoms with Gasteiger partial charge in [0.2, 0.25) is 0 Å². The van der Waals surface area contributed by atoms with Crippen LogP contribution >= 0.6 is 31.9 Å². The molecule has 3 rings (SSSR count). The molecule has 7 heteroatoms. The summed E-state index contributed by atoms with van der Waals surface area (Å²) in [5.74, 6) is -1.30. The first-order chi connectivity index (χ1) is 16.6. The predicted molar refractivity (Wildman–Crippen MR) is 144 cm³/mol. The number of hydrogen-bond acceptors (Lipinski definition) is 5. The molecule has 0 fully saturated rings. The zero-order chi connectivity index (χ0) is 25.8. The highest BCUT2D eigenvalue weighted by atomic mass is 79.9. The molecule has 5 nitrogen and oxygen atoms in total. The number of carbonyl (C=O) groups excluding carboxylic acids is 2. The van der Waals surface area contributed by atoms with Gasteiger partial charge in [-0.05, 0) is 65.0 Å². The van der Waals surface area contributed by atoms with E-state index in [4.69, 9.17) is 14.2 Å². The molecule has 0 heterocycles. The second-order valence-electron chi connectivity index (χ2n) is 8.83. The van der Waals surface area contributed by atoms with Crippen LogP contribution in [0.1, 0.15) is 48.2 Å². The number of rotatable bonds is 9. The molecule has 0 N–H and O–H groups in total. The number of para-hydroxylation sites is 1. The standard InChI is InChI=1S/C28H30Br2O5/c1-18(2)27(30)17-20(13-14-25(31)33-4)16-24(29)28(27,34-5)35-23-12-7-6-11-22(23)26(32)21-10-8-9-19(3)15-21/h6-12,15-18H,13-14H2,1-5H3. The largest absolute Gasteiger partial charge is 0.469 e. The lowest BCUT2D eigenvalue weighted by Gasteiger charge is -2.48. The van der Waals surface area contributed by atoms with Crippen LogP contribution in [0.25, 0.3) is 0 Å². The van der Waals surface area contributed by atoms with Crippen molar-refractivity contribution in [3.8, 4) is 5.75 Å². The number of ketones is 1. The number of allylic oxidation sites excluding steroid dienone is 2. The van der Waals surface area contributed by atoms with Gasteiger partial charge in [-0.3, -0.25) is 9.59 Å². The molecule has 2 atom stereocenters. The molecule has 0 saturated carbocycles. The van der Waals surface area contributed by atoms with Gasteiger partial charge in [0.1, 0.15) is 10.1 Å². The highest BCUT2D eigenvalue weighted by molar-refractivity contribution is 9.12. The Morgan fingerprint density at radius 3 is 2.40 bits per heavy atom. The van der Waals surface area contributed by atoms with Gasteiger partial charge in [0.15, 0.2) is 5.78 Å². The number of aryl methyl sites for hydroxylation is 1. The highest BCUT2D eigenvalue weighted by Crippen LogP contribution is 2.52. The third-order valence-electron chi connectivity index (χ3n) is 6.17. The van der Waals surface area contributed by atoms with Crippen LogP contribution in [0.3, 0.4) is 0 Å². The molecule has 0 spiro atoms. The summed E-state index contributed by atoms with van der Waals surface area (Å²) < 4.78 is 17.4. The molecule has 2 aromatic carbocycles. The number of carbonyl (C=O) groups is 2. The Balaban J connectivity index is 2.05. The van der Waals surface area contributed by atoms with Gasteiger partial charge in [-0.15, -0.1) is 0 Å². The Hall–Kier alpha value is -2.22. The molecular weight excluding hydrogens is 576 g/mol. The lowest BCUT2D eigenvalue weighted by Crippen LogP contribution is -2.59. The number of ether oxygens (including phenoxy) is 3. The highest BCUT2D eigenvalue weighted by Gasteiger charge is 2.58. The van der Waals surface area contributed by atoms with E-state index in [0.717, 1.165) is 11.1 Å². The smallest absolute Gasteiger partial charge is 0.305 e. The zero-order valence-electron chi connectivity index (χ0n) is 20.6. The Morgan fingerprint density at radius 1 is 1.06 bits per heavy atom. The van der Waals surface area contributed by atoms with Crippen molar-refractivity contribution in [3.63, 3.8) is 0 Å². The molecule has 1 aliphatic rings. The molecule has 0 aliphatic heterocycles. The Labute approximate surface area is 223 Å². The first-order valence-corrected chi connectivity index (χ1v) is 13.0. The van der Waals surface area contributed by atoms with Crippen LogP contribution in [0.4, 0.5) is 0 Å². The van der Waals surface area contributed by atoms with E-state index >= 15 is 0 Å². The second-order valence-corrected chi connectivity index (χ2v) is 11.0. The predicted octanol–water partition coefficient (Wildman–Crippen LogP) is 6.91. The molecule has 0 radical (unpaired) electrons. The van der Waals surface area contributed by atoms with Crippen LogP contribution in [0.5, 0.6) is 5.75 Å². The Morgan fingerprint density at radius 2 is 1.77 bits per heavy atom. The van der Waals surface area contributed by atoms with E-state index in [1.165, 1.54) is 7.11 Å². The minimum atomic E-state index is -1.31. The lowest BCUT2D eigenvalue weighted by molar-refractivity contribution is -0.150. The van der Waals surface area contributed by atoms with Crippen molar-refractivity contribution < 1.29 is 23.8 Å². The van der Waals surface area contributed by atoms with Crippen molar-refractivity contribution in [2.24, 2.45) is 5.92 Å². The van der Waals surface area contributed by atoms with Crippen LogP contribution in [0.15, 0.2) is 70.7 Å². The van der Waals surface area contributed by atoms with E-state index in [1.54, 1.807) is 25.3 Å². The van der Waals surface area contributed by atoms with E-state index in [2.05, 4.69) is 45.7 Å². The molecule has 186 valence electrons. The fraction of sp³-hybridized carbons (Fsp3) is 0.357. The summed E-state index contributed by atoms with van der Waals surface area (Å²) in [5.41, 5.74) is 2.97. The van der Waals surface area contributed by atoms with E-state index in [1.807, 2.05) is 49.4 Å². The maximum Gasteiger partial charge on any atom is 0.305 e. The summed E-state index contributed by atoms with van der Waals surface area (Å²) in [6.07, 6.45) is 4.69. The van der Waals surface area contributed by atoms with Crippen LogP contribution < -0.4 is 4.74 Å². The number of alkyl halides is 1. The van der Waals surface area contributed by atoms with Crippen molar-refractivity contribution in [3.05, 3.63) is 87.4 Å². The van der Waals surface area contributed by atoms with Crippen molar-refractivity contribution in [2.75, 3.05) is 14.2 Å². The molecule has 0 saturated heterocycles. The van der Waals surface area contributed by atoms with E-state index in [0.29, 0.717) is 27.8 Å². The van der Waals surface area contributed by atoms with Crippen molar-refractivity contribution >= 4 is 43.6 Å². The van der Waals surface area contributed by atoms with Crippen molar-refractivity contribution in [1.82, 2.24) is 0 Å². The van der Waals surface area contributed by atoms with Crippen LogP contribution in [-0.2, 0) is 14.3 Å². The summed E-state index contributed by atoms with van der Waals surface area (Å²) in [7, 11) is 2.96. The van der Waals surface area contributed by atoms with E-state index in [9.17, 15) is 9.59 Å². The number of methoxy groups -OCH3 is 2. The van der Waals surface area contributed by atoms with Gasteiger partial charge in [0.05, 0.1) is 17.2 Å². The normalized spacial score (nSPS) is 21.8. The van der Waals surface area contributed by atoms with Crippen molar-refractivity contribution in [2.45, 2.75) is 43.7 Å². The molecule has 2 aromatic rings. The van der Waals surface area contributed by atoms with Gasteiger partial charge in [-0.1, -0.05) is 71.7 Å². The molecule has 1 aliphatic carbocycles. The number of hydrogen-bond donors (Lipinski definition) is 0. The van der Waals surface area contributed by atoms with Crippen molar-refractivity contribution in [1.29, 1.82) is 0 Å². The van der Waals surface area contributed by atoms with Gasteiger partial charge in [0.25, 0.3) is 5.79 Å². The third kappa shape index (κ3) is 5.47. The molecule has 35 heavy (non-hydrogen) atoms. The molecular formula is C28H30Br2O5. The minimum Gasteiger partial charge on any atom is -0.469 e. The monoisotopic (exact) mass is 604 g/mol. The van der Waals surface area contributed by atoms with Crippen LogP contribution in [0, 0.1) is 12.8 Å². The van der Waals surface area contributed by atoms with Gasteiger partial charge >= 0.3 is 5.97 Å². The Bertz CT molecular complexity index is 1170. The average molecular weight is 606 g/mol. The average Bonchev–Trinajstić information content (AvgIpc) is 2.84. The van der Waals surface area contributed by atoms with E-state index < -0.39 is 10.1 Å². The maximum atomic E-state index is 13.4. The molecule has 0 amide bonds. The van der Waals surface area contributed by atoms with Gasteiger partial charge < -0.3 is 14.2 Å². The van der Waals surface area contributed by atoms with Crippen LogP contribution in [-0.4, -0.2) is 36.1 Å². The summed E-state index contributed by atoms with van der Waals surface area (Å²) in [4.78, 5) is 25.2. The first kappa shape index (κ1) is 27.4. The zero-order valence-corrected chi connectivity index (χ0v) is 23.7. The SMILES string of the molecule is COC(=O)CCC1=CC(Br)(C(C)C)C(OC)(Oc2ccccc2C(=O)c2cccc(C)c2)C(Br)=C1. The van der Waals surface area contributed by atoms with E-state index in [-0.39, 0.29) is 24.1 Å². The fourth-order valence-electron chi connectivity index (χ4n) is 4.15. The molecule has 0 aromatic heterocycles. The molecule has 0 bridgehead atoms. The van der Waals surface area contributed by atoms with Gasteiger partial charge in [-0.25, -0.2) is 0 Å². The minimum absolute atomic E-state index is 0.0106. The molecule has 2 unspecified atom stereocenters. The second kappa shape index (κ2) is 11.2. The summed E-state index contributed by atoms with van der Waals surface area (Å²) >= 11 is 7.62. The number of esters is 1. The topological polar surface area (TPSA) is 61.8 Å². The van der Waals surface area contributed by atoms with Crippen LogP contribution in [0.2, 0.25) is 0 Å². The quantitative estimate of drug-likeness (QED) is 0.134. The Kier molecular flexibility index (Phi) is 8.78. The lowest BCUT2D eigenvalue weighted by atomic mass is 9.80. The van der Waals surface area contributed by atoms with Gasteiger partial charge in [-0.2, -0.15) is 0 Å². The fourth-order valence-corrected chi connectivity index (χ4v) is 6.03. The third-order valence-corrected chi connectivity index (χ3v) is 8.58. The number of halogens is 2. The summed E-state index contributed by atoms with van der Waals surface area (Å²) in [6, 6.07) is 14.7. The summed E-state index contributed by atoms with van der Waals surface area (Å²) in [5, 5.41) is 0. The summed E-state index contributed by atoms with van der Waals surface area (Å²) in [6.45, 7) is 6.06. The maximum absolute atomic E-state index is 13.4. The van der Waals surface area contributed by atoms with Gasteiger partial charge in [0, 0.05) is 19.1 Å². The first-order valence-electron chi connectivity index (χ1n) is 11.4.